The number of fused-ring (bicyclic) bond motifs is 1. The lowest BCUT2D eigenvalue weighted by Crippen LogP contribution is -2.33. The van der Waals surface area contributed by atoms with E-state index < -0.39 is 0 Å². The average molecular weight is 389 g/mol. The Bertz CT molecular complexity index is 657. The molecule has 0 radical (unpaired) electrons. The van der Waals surface area contributed by atoms with Gasteiger partial charge < -0.3 is 16.0 Å². The van der Waals surface area contributed by atoms with Crippen LogP contribution in [0.3, 0.4) is 0 Å². The van der Waals surface area contributed by atoms with Gasteiger partial charge in [-0.2, -0.15) is 9.97 Å². The fraction of sp³-hybridized carbons (Fsp3) is 0.762. The van der Waals surface area contributed by atoms with E-state index in [1.54, 1.807) is 0 Å². The summed E-state index contributed by atoms with van der Waals surface area (Å²) in [4.78, 5) is 25.8. The second kappa shape index (κ2) is 10.0. The van der Waals surface area contributed by atoms with Gasteiger partial charge in [0, 0.05) is 18.7 Å². The van der Waals surface area contributed by atoms with Crippen LogP contribution in [-0.4, -0.2) is 53.5 Å². The highest BCUT2D eigenvalue weighted by molar-refractivity contribution is 6.01. The third kappa shape index (κ3) is 5.13. The molecule has 3 rings (SSSR count). The summed E-state index contributed by atoms with van der Waals surface area (Å²) in [6, 6.07) is 0. The van der Waals surface area contributed by atoms with Crippen molar-refractivity contribution in [3.05, 3.63) is 5.56 Å². The van der Waals surface area contributed by atoms with Crippen LogP contribution in [0.25, 0.3) is 0 Å². The Morgan fingerprint density at radius 3 is 2.64 bits per heavy atom. The molecule has 1 saturated heterocycles. The molecule has 0 bridgehead atoms. The summed E-state index contributed by atoms with van der Waals surface area (Å²) in [6.07, 6.45) is 8.56. The van der Waals surface area contributed by atoms with Gasteiger partial charge in [-0.1, -0.05) is 33.1 Å². The smallest absolute Gasteiger partial charge is 0.232 e. The van der Waals surface area contributed by atoms with Crippen LogP contribution in [0.2, 0.25) is 0 Å². The average Bonchev–Trinajstić information content (AvgIpc) is 3.02. The minimum atomic E-state index is 0.0953. The molecule has 28 heavy (non-hydrogen) atoms. The van der Waals surface area contributed by atoms with Crippen LogP contribution < -0.4 is 16.0 Å². The van der Waals surface area contributed by atoms with E-state index in [1.807, 2.05) is 4.90 Å². The predicted molar refractivity (Wildman–Crippen MR) is 115 cm³/mol. The summed E-state index contributed by atoms with van der Waals surface area (Å²) in [7, 11) is 0. The van der Waals surface area contributed by atoms with Gasteiger partial charge in [0.2, 0.25) is 11.9 Å². The minimum Gasteiger partial charge on any atom is -0.383 e. The Hall–Kier alpha value is -1.89. The van der Waals surface area contributed by atoms with Crippen molar-refractivity contribution in [3.63, 3.8) is 0 Å². The van der Waals surface area contributed by atoms with Gasteiger partial charge in [-0.3, -0.25) is 9.69 Å². The summed E-state index contributed by atoms with van der Waals surface area (Å²) in [6.45, 7) is 9.58. The highest BCUT2D eigenvalue weighted by atomic mass is 16.2. The number of aromatic nitrogens is 2. The van der Waals surface area contributed by atoms with Gasteiger partial charge in [0.1, 0.15) is 11.6 Å². The molecule has 0 saturated carbocycles. The molecule has 0 atom stereocenters. The monoisotopic (exact) mass is 388 g/mol. The molecule has 2 aliphatic heterocycles. The first-order valence-electron chi connectivity index (χ1n) is 11.0. The topological polar surface area (TPSA) is 87.4 Å². The zero-order valence-electron chi connectivity index (χ0n) is 17.5. The van der Waals surface area contributed by atoms with Crippen molar-refractivity contribution < 1.29 is 4.79 Å². The lowest BCUT2D eigenvalue weighted by Gasteiger charge is -2.31. The fourth-order valence-electron chi connectivity index (χ4n) is 4.23. The van der Waals surface area contributed by atoms with Crippen LogP contribution in [-0.2, 0) is 11.2 Å². The first-order valence-corrected chi connectivity index (χ1v) is 11.0. The second-order valence-corrected chi connectivity index (χ2v) is 8.11. The highest BCUT2D eigenvalue weighted by Gasteiger charge is 2.31. The largest absolute Gasteiger partial charge is 0.383 e. The quantitative estimate of drug-likeness (QED) is 0.599. The summed E-state index contributed by atoms with van der Waals surface area (Å²) in [5, 5.41) is 3.23. The number of carbonyl (C=O) groups excluding carboxylic acids is 1. The maximum Gasteiger partial charge on any atom is 0.232 e. The van der Waals surface area contributed by atoms with Gasteiger partial charge in [0.05, 0.1) is 6.42 Å². The summed E-state index contributed by atoms with van der Waals surface area (Å²) in [5.41, 5.74) is 6.89. The van der Waals surface area contributed by atoms with Crippen LogP contribution >= 0.6 is 0 Å². The lowest BCUT2D eigenvalue weighted by molar-refractivity contribution is -0.117. The number of unbranched alkanes of at least 4 members (excludes halogenated alkanes) is 2. The number of nitrogen functional groups attached to an aromatic ring is 1. The van der Waals surface area contributed by atoms with Crippen LogP contribution in [0.1, 0.15) is 64.4 Å². The molecular weight excluding hydrogens is 352 g/mol. The van der Waals surface area contributed by atoms with Crippen molar-refractivity contribution in [2.45, 2.75) is 65.2 Å². The third-order valence-electron chi connectivity index (χ3n) is 6.11. The van der Waals surface area contributed by atoms with Crippen molar-refractivity contribution >= 4 is 23.5 Å². The number of carbonyl (C=O) groups is 1. The van der Waals surface area contributed by atoms with Crippen molar-refractivity contribution in [2.24, 2.45) is 5.92 Å². The van der Waals surface area contributed by atoms with E-state index in [0.29, 0.717) is 24.0 Å². The van der Waals surface area contributed by atoms with Gasteiger partial charge in [0.15, 0.2) is 0 Å². The summed E-state index contributed by atoms with van der Waals surface area (Å²) >= 11 is 0. The molecule has 1 amide bonds. The van der Waals surface area contributed by atoms with E-state index in [1.165, 1.54) is 38.9 Å². The Balaban J connectivity index is 1.50. The fourth-order valence-corrected chi connectivity index (χ4v) is 4.23. The number of piperidine rings is 1. The van der Waals surface area contributed by atoms with Crippen molar-refractivity contribution in [3.8, 4) is 0 Å². The van der Waals surface area contributed by atoms with E-state index in [4.69, 9.17) is 5.73 Å². The Kier molecular flexibility index (Phi) is 7.48. The van der Waals surface area contributed by atoms with Crippen molar-refractivity contribution in [1.29, 1.82) is 0 Å². The highest BCUT2D eigenvalue weighted by Crippen LogP contribution is 2.32. The van der Waals surface area contributed by atoms with Crippen LogP contribution in [0.5, 0.6) is 0 Å². The molecule has 3 N–H and O–H groups in total. The standard InChI is InChI=1S/C21H36N6O/c1-3-5-11-23-21-24-19(22)17-15-18(28)27(20(17)25-21)12-7-6-8-16-9-13-26(4-2)14-10-16/h16H,3-15H2,1-2H3,(H3,22,23,24,25). The SMILES string of the molecule is CCCCNc1nc(N)c2c(n1)N(CCCCC1CCN(CC)CC1)C(=O)C2. The molecule has 1 aromatic heterocycles. The lowest BCUT2D eigenvalue weighted by atomic mass is 9.91. The van der Waals surface area contributed by atoms with Crippen molar-refractivity contribution in [1.82, 2.24) is 14.9 Å². The number of amides is 1. The molecular formula is C21H36N6O. The molecule has 1 fully saturated rings. The van der Waals surface area contributed by atoms with E-state index in [-0.39, 0.29) is 5.91 Å². The zero-order chi connectivity index (χ0) is 19.9. The van der Waals surface area contributed by atoms with Gasteiger partial charge in [-0.05, 0) is 51.2 Å². The van der Waals surface area contributed by atoms with Gasteiger partial charge >= 0.3 is 0 Å². The maximum absolute atomic E-state index is 12.5. The zero-order valence-corrected chi connectivity index (χ0v) is 17.5. The van der Waals surface area contributed by atoms with E-state index in [0.717, 1.165) is 50.3 Å². The Morgan fingerprint density at radius 1 is 1.14 bits per heavy atom. The van der Waals surface area contributed by atoms with Gasteiger partial charge in [0.25, 0.3) is 0 Å². The van der Waals surface area contributed by atoms with Gasteiger partial charge in [-0.15, -0.1) is 0 Å². The van der Waals surface area contributed by atoms with E-state index in [9.17, 15) is 4.79 Å². The third-order valence-corrected chi connectivity index (χ3v) is 6.11. The first kappa shape index (κ1) is 20.8. The number of rotatable bonds is 10. The number of nitrogens with two attached hydrogens (primary N) is 1. The number of hydrogen-bond donors (Lipinski definition) is 2. The molecule has 0 aromatic carbocycles. The van der Waals surface area contributed by atoms with Crippen LogP contribution in [0.15, 0.2) is 0 Å². The molecule has 1 aromatic rings. The Morgan fingerprint density at radius 2 is 1.93 bits per heavy atom. The molecule has 0 aliphatic carbocycles. The van der Waals surface area contributed by atoms with E-state index >= 15 is 0 Å². The summed E-state index contributed by atoms with van der Waals surface area (Å²) in [5.74, 6) is 2.62. The van der Waals surface area contributed by atoms with Crippen molar-refractivity contribution in [2.75, 3.05) is 48.7 Å². The molecule has 0 unspecified atom stereocenters. The number of hydrogen-bond acceptors (Lipinski definition) is 6. The first-order chi connectivity index (χ1) is 13.6. The molecule has 2 aliphatic rings. The van der Waals surface area contributed by atoms with Crippen LogP contribution in [0, 0.1) is 5.92 Å². The molecule has 7 nitrogen and oxygen atoms in total. The number of nitrogens with one attached hydrogen (secondary N) is 1. The number of likely N-dealkylation sites (tertiary alicyclic amines) is 1. The molecule has 0 spiro atoms. The molecule has 7 heteroatoms. The van der Waals surface area contributed by atoms with E-state index in [2.05, 4.69) is 34.0 Å². The normalized spacial score (nSPS) is 17.9. The van der Waals surface area contributed by atoms with Gasteiger partial charge in [-0.25, -0.2) is 0 Å². The summed E-state index contributed by atoms with van der Waals surface area (Å²) < 4.78 is 0. The maximum atomic E-state index is 12.5. The Labute approximate surface area is 169 Å². The second-order valence-electron chi connectivity index (χ2n) is 8.11. The number of nitrogens with zero attached hydrogens (tertiary/aromatic N) is 4. The predicted octanol–water partition coefficient (Wildman–Crippen LogP) is 3.06. The molecule has 156 valence electrons. The number of anilines is 3. The molecule has 3 heterocycles. The van der Waals surface area contributed by atoms with Crippen LogP contribution in [0.4, 0.5) is 17.6 Å². The minimum absolute atomic E-state index is 0.0953.